The van der Waals surface area contributed by atoms with E-state index in [0.29, 0.717) is 10.3 Å². The van der Waals surface area contributed by atoms with E-state index < -0.39 is 0 Å². The van der Waals surface area contributed by atoms with Gasteiger partial charge in [0.15, 0.2) is 0 Å². The topological polar surface area (TPSA) is 36.7 Å². The molecule has 19 heavy (non-hydrogen) atoms. The Hall–Kier alpha value is -1.01. The third-order valence-electron chi connectivity index (χ3n) is 5.16. The third kappa shape index (κ3) is 2.07. The first kappa shape index (κ1) is 11.8. The quantitative estimate of drug-likeness (QED) is 0.814. The Labute approximate surface area is 118 Å². The summed E-state index contributed by atoms with van der Waals surface area (Å²) in [5, 5.41) is 8.99. The van der Waals surface area contributed by atoms with Crippen molar-refractivity contribution < 1.29 is 0 Å². The molecule has 0 aromatic carbocycles. The fourth-order valence-corrected chi connectivity index (χ4v) is 6.70. The summed E-state index contributed by atoms with van der Waals surface area (Å²) in [4.78, 5) is 5.41. The standard InChI is InChI=1S/C16H18N2S/c17-8-14-4-15(10-18-9-14)19-16-5-11-1-12(6-16)3-13(2-11)7-16/h4,9-13H,1-3,5-7H2. The van der Waals surface area contributed by atoms with Crippen LogP contribution in [-0.2, 0) is 0 Å². The lowest BCUT2D eigenvalue weighted by atomic mass is 9.56. The van der Waals surface area contributed by atoms with Crippen LogP contribution in [0.25, 0.3) is 0 Å². The number of nitriles is 1. The van der Waals surface area contributed by atoms with Crippen LogP contribution >= 0.6 is 11.8 Å². The highest BCUT2D eigenvalue weighted by molar-refractivity contribution is 8.00. The van der Waals surface area contributed by atoms with Crippen molar-refractivity contribution in [3.63, 3.8) is 0 Å². The van der Waals surface area contributed by atoms with Gasteiger partial charge in [-0.3, -0.25) is 4.98 Å². The second-order valence-corrected chi connectivity index (χ2v) is 8.27. The van der Waals surface area contributed by atoms with Crippen LogP contribution in [0.5, 0.6) is 0 Å². The molecule has 0 aliphatic heterocycles. The van der Waals surface area contributed by atoms with Gasteiger partial charge in [0.2, 0.25) is 0 Å². The molecule has 1 aromatic heterocycles. The summed E-state index contributed by atoms with van der Waals surface area (Å²) in [5.74, 6) is 2.93. The molecule has 1 heterocycles. The predicted molar refractivity (Wildman–Crippen MR) is 75.7 cm³/mol. The highest BCUT2D eigenvalue weighted by Crippen LogP contribution is 2.61. The number of aromatic nitrogens is 1. The molecule has 3 heteroatoms. The molecular weight excluding hydrogens is 252 g/mol. The van der Waals surface area contributed by atoms with Crippen molar-refractivity contribution in [1.29, 1.82) is 5.26 Å². The molecule has 4 aliphatic rings. The van der Waals surface area contributed by atoms with Crippen molar-refractivity contribution in [3.8, 4) is 6.07 Å². The zero-order valence-corrected chi connectivity index (χ0v) is 11.8. The van der Waals surface area contributed by atoms with E-state index >= 15 is 0 Å². The van der Waals surface area contributed by atoms with Crippen molar-refractivity contribution in [1.82, 2.24) is 4.98 Å². The zero-order chi connectivity index (χ0) is 12.9. The first-order chi connectivity index (χ1) is 9.25. The minimum Gasteiger partial charge on any atom is -0.262 e. The summed E-state index contributed by atoms with van der Waals surface area (Å²) in [6, 6.07) is 4.21. The average Bonchev–Trinajstić information content (AvgIpc) is 2.36. The molecule has 0 amide bonds. The van der Waals surface area contributed by atoms with Gasteiger partial charge >= 0.3 is 0 Å². The zero-order valence-electron chi connectivity index (χ0n) is 11.0. The fourth-order valence-electron chi connectivity index (χ4n) is 4.94. The molecule has 0 radical (unpaired) electrons. The van der Waals surface area contributed by atoms with Crippen LogP contribution in [-0.4, -0.2) is 9.73 Å². The van der Waals surface area contributed by atoms with Gasteiger partial charge < -0.3 is 0 Å². The maximum absolute atomic E-state index is 8.99. The molecule has 2 nitrogen and oxygen atoms in total. The Balaban J connectivity index is 1.60. The van der Waals surface area contributed by atoms with Gasteiger partial charge in [0.1, 0.15) is 6.07 Å². The van der Waals surface area contributed by atoms with Crippen LogP contribution in [0.2, 0.25) is 0 Å². The Morgan fingerprint density at radius 1 is 1.11 bits per heavy atom. The van der Waals surface area contributed by atoms with Gasteiger partial charge in [-0.25, -0.2) is 0 Å². The Morgan fingerprint density at radius 2 is 1.74 bits per heavy atom. The second kappa shape index (κ2) is 4.24. The van der Waals surface area contributed by atoms with Gasteiger partial charge in [-0.15, -0.1) is 11.8 Å². The molecule has 0 saturated heterocycles. The summed E-state index contributed by atoms with van der Waals surface area (Å²) in [7, 11) is 0. The van der Waals surface area contributed by atoms with Gasteiger partial charge in [0.25, 0.3) is 0 Å². The molecule has 4 fully saturated rings. The van der Waals surface area contributed by atoms with E-state index in [1.165, 1.54) is 43.4 Å². The lowest BCUT2D eigenvalue weighted by molar-refractivity contribution is 0.0383. The number of rotatable bonds is 2. The Kier molecular flexibility index (Phi) is 2.63. The molecule has 4 saturated carbocycles. The highest BCUT2D eigenvalue weighted by atomic mass is 32.2. The smallest absolute Gasteiger partial charge is 0.101 e. The van der Waals surface area contributed by atoms with E-state index in [-0.39, 0.29) is 0 Å². The summed E-state index contributed by atoms with van der Waals surface area (Å²) < 4.78 is 0.463. The summed E-state index contributed by atoms with van der Waals surface area (Å²) >= 11 is 2.02. The van der Waals surface area contributed by atoms with Crippen LogP contribution in [0.4, 0.5) is 0 Å². The SMILES string of the molecule is N#Cc1cncc(SC23CC4CC(CC(C4)C2)C3)c1. The molecule has 0 spiro atoms. The largest absolute Gasteiger partial charge is 0.262 e. The molecule has 0 unspecified atom stereocenters. The van der Waals surface area contributed by atoms with Gasteiger partial charge in [0.05, 0.1) is 5.56 Å². The van der Waals surface area contributed by atoms with E-state index in [1.54, 1.807) is 6.20 Å². The Morgan fingerprint density at radius 3 is 2.32 bits per heavy atom. The molecule has 0 atom stereocenters. The second-order valence-electron chi connectivity index (χ2n) is 6.72. The fraction of sp³-hybridized carbons (Fsp3) is 0.625. The molecule has 4 bridgehead atoms. The molecule has 1 aromatic rings. The van der Waals surface area contributed by atoms with Gasteiger partial charge in [0, 0.05) is 22.0 Å². The first-order valence-corrected chi connectivity index (χ1v) is 8.10. The molecule has 0 N–H and O–H groups in total. The molecule has 4 aliphatic carbocycles. The van der Waals surface area contributed by atoms with E-state index in [1.807, 2.05) is 24.0 Å². The van der Waals surface area contributed by atoms with Crippen LogP contribution in [0, 0.1) is 29.1 Å². The lowest BCUT2D eigenvalue weighted by Gasteiger charge is -2.56. The first-order valence-electron chi connectivity index (χ1n) is 7.29. The maximum Gasteiger partial charge on any atom is 0.101 e. The van der Waals surface area contributed by atoms with Crippen molar-refractivity contribution in [2.75, 3.05) is 0 Å². The number of thioether (sulfide) groups is 1. The summed E-state index contributed by atoms with van der Waals surface area (Å²) in [6.07, 6.45) is 12.2. The van der Waals surface area contributed by atoms with Crippen LogP contribution < -0.4 is 0 Å². The summed E-state index contributed by atoms with van der Waals surface area (Å²) in [6.45, 7) is 0. The van der Waals surface area contributed by atoms with Gasteiger partial charge in [-0.1, -0.05) is 0 Å². The normalized spacial score (nSPS) is 39.2. The average molecular weight is 270 g/mol. The van der Waals surface area contributed by atoms with Crippen molar-refractivity contribution in [3.05, 3.63) is 24.0 Å². The maximum atomic E-state index is 8.99. The molecule has 5 rings (SSSR count). The molecular formula is C16H18N2S. The predicted octanol–water partition coefficient (Wildman–Crippen LogP) is 4.01. The van der Waals surface area contributed by atoms with E-state index in [0.717, 1.165) is 17.8 Å². The van der Waals surface area contributed by atoms with Gasteiger partial charge in [-0.05, 0) is 62.3 Å². The monoisotopic (exact) mass is 270 g/mol. The van der Waals surface area contributed by atoms with E-state index in [2.05, 4.69) is 11.1 Å². The van der Waals surface area contributed by atoms with Crippen LogP contribution in [0.3, 0.4) is 0 Å². The minimum absolute atomic E-state index is 0.463. The van der Waals surface area contributed by atoms with E-state index in [4.69, 9.17) is 5.26 Å². The number of nitrogens with zero attached hydrogens (tertiary/aromatic N) is 2. The lowest BCUT2D eigenvalue weighted by Crippen LogP contribution is -2.48. The van der Waals surface area contributed by atoms with Crippen LogP contribution in [0.1, 0.15) is 44.1 Å². The third-order valence-corrected chi connectivity index (χ3v) is 6.55. The number of hydrogen-bond acceptors (Lipinski definition) is 3. The van der Waals surface area contributed by atoms with Crippen molar-refractivity contribution in [2.24, 2.45) is 17.8 Å². The Bertz CT molecular complexity index is 511. The van der Waals surface area contributed by atoms with E-state index in [9.17, 15) is 0 Å². The summed E-state index contributed by atoms with van der Waals surface area (Å²) in [5.41, 5.74) is 0.690. The van der Waals surface area contributed by atoms with Crippen molar-refractivity contribution >= 4 is 11.8 Å². The van der Waals surface area contributed by atoms with Crippen LogP contribution in [0.15, 0.2) is 23.4 Å². The number of hydrogen-bond donors (Lipinski definition) is 0. The highest BCUT2D eigenvalue weighted by Gasteiger charge is 2.51. The van der Waals surface area contributed by atoms with Crippen molar-refractivity contribution in [2.45, 2.75) is 48.2 Å². The number of pyridine rings is 1. The minimum atomic E-state index is 0.463. The van der Waals surface area contributed by atoms with Gasteiger partial charge in [-0.2, -0.15) is 5.26 Å². The molecule has 98 valence electrons.